The Kier molecular flexibility index (Phi) is 6.51. The van der Waals surface area contributed by atoms with Crippen LogP contribution in [-0.4, -0.2) is 36.1 Å². The molecular formula is C17H20N4O2S. The lowest BCUT2D eigenvalue weighted by Crippen LogP contribution is -2.34. The predicted octanol–water partition coefficient (Wildman–Crippen LogP) is 3.39. The van der Waals surface area contributed by atoms with Crippen molar-refractivity contribution in [3.8, 4) is 0 Å². The van der Waals surface area contributed by atoms with Gasteiger partial charge in [0.05, 0.1) is 6.21 Å². The number of hydrogen-bond acceptors (Lipinski definition) is 4. The second-order valence-electron chi connectivity index (χ2n) is 4.89. The fourth-order valence-electron chi connectivity index (χ4n) is 2.00. The zero-order valence-electron chi connectivity index (χ0n) is 13.7. The fourth-order valence-corrected chi connectivity index (χ4v) is 2.59. The number of hydrogen-bond donors (Lipinski definition) is 2. The highest BCUT2D eigenvalue weighted by Crippen LogP contribution is 2.11. The highest BCUT2D eigenvalue weighted by atomic mass is 32.1. The lowest BCUT2D eigenvalue weighted by atomic mass is 10.2. The van der Waals surface area contributed by atoms with Gasteiger partial charge in [-0.1, -0.05) is 6.07 Å². The van der Waals surface area contributed by atoms with Gasteiger partial charge in [-0.2, -0.15) is 5.10 Å². The van der Waals surface area contributed by atoms with E-state index in [0.717, 1.165) is 4.88 Å². The van der Waals surface area contributed by atoms with Crippen molar-refractivity contribution in [2.24, 2.45) is 5.10 Å². The Labute approximate surface area is 145 Å². The fraction of sp³-hybridized carbons (Fsp3) is 0.235. The van der Waals surface area contributed by atoms with E-state index in [1.165, 1.54) is 11.3 Å². The van der Waals surface area contributed by atoms with E-state index in [9.17, 15) is 9.59 Å². The van der Waals surface area contributed by atoms with Crippen LogP contribution in [0.5, 0.6) is 0 Å². The molecule has 0 atom stereocenters. The Morgan fingerprint density at radius 2 is 1.88 bits per heavy atom. The van der Waals surface area contributed by atoms with E-state index >= 15 is 0 Å². The summed E-state index contributed by atoms with van der Waals surface area (Å²) < 4.78 is 0. The summed E-state index contributed by atoms with van der Waals surface area (Å²) in [6.45, 7) is 5.14. The van der Waals surface area contributed by atoms with Crippen molar-refractivity contribution >= 4 is 35.2 Å². The van der Waals surface area contributed by atoms with Crippen LogP contribution in [0.1, 0.15) is 29.1 Å². The summed E-state index contributed by atoms with van der Waals surface area (Å²) in [5.74, 6) is -0.301. The van der Waals surface area contributed by atoms with Gasteiger partial charge in [-0.05, 0) is 49.6 Å². The number of carbonyl (C=O) groups is 2. The van der Waals surface area contributed by atoms with E-state index in [4.69, 9.17) is 0 Å². The molecule has 1 aromatic heterocycles. The highest BCUT2D eigenvalue weighted by molar-refractivity contribution is 7.11. The molecule has 2 N–H and O–H groups in total. The number of carbonyl (C=O) groups excluding carboxylic acids is 2. The molecule has 126 valence electrons. The van der Waals surface area contributed by atoms with Crippen molar-refractivity contribution in [1.29, 1.82) is 0 Å². The summed E-state index contributed by atoms with van der Waals surface area (Å²) in [5.41, 5.74) is 3.59. The summed E-state index contributed by atoms with van der Waals surface area (Å²) >= 11 is 1.54. The van der Waals surface area contributed by atoms with Crippen LogP contribution in [0.3, 0.4) is 0 Å². The zero-order chi connectivity index (χ0) is 17.4. The molecule has 0 aliphatic carbocycles. The number of benzene rings is 1. The monoisotopic (exact) mass is 344 g/mol. The topological polar surface area (TPSA) is 73.8 Å². The van der Waals surface area contributed by atoms with Gasteiger partial charge in [0.25, 0.3) is 5.91 Å². The number of nitrogens with zero attached hydrogens (tertiary/aromatic N) is 2. The maximum atomic E-state index is 12.0. The first-order valence-corrected chi connectivity index (χ1v) is 8.55. The number of nitrogens with one attached hydrogen (secondary N) is 2. The van der Waals surface area contributed by atoms with Gasteiger partial charge in [-0.15, -0.1) is 11.3 Å². The van der Waals surface area contributed by atoms with E-state index < -0.39 is 0 Å². The standard InChI is InChI=1S/C17H20N4O2S/c1-3-21(4-2)17(23)19-14-9-7-13(8-10-14)16(22)20-18-12-15-6-5-11-24-15/h5-12H,3-4H2,1-2H3,(H,19,23)(H,20,22)/b18-12+. The molecule has 7 heteroatoms. The van der Waals surface area contributed by atoms with Crippen LogP contribution in [0.25, 0.3) is 0 Å². The first-order chi connectivity index (χ1) is 11.6. The Morgan fingerprint density at radius 3 is 2.46 bits per heavy atom. The number of hydrazone groups is 1. The Balaban J connectivity index is 1.91. The van der Waals surface area contributed by atoms with E-state index in [-0.39, 0.29) is 11.9 Å². The van der Waals surface area contributed by atoms with Crippen LogP contribution in [0.15, 0.2) is 46.9 Å². The maximum absolute atomic E-state index is 12.0. The van der Waals surface area contributed by atoms with Crippen molar-refractivity contribution in [3.63, 3.8) is 0 Å². The van der Waals surface area contributed by atoms with Crippen molar-refractivity contribution in [2.75, 3.05) is 18.4 Å². The molecule has 0 fully saturated rings. The van der Waals surface area contributed by atoms with Gasteiger partial charge in [0.2, 0.25) is 0 Å². The molecule has 0 spiro atoms. The minimum Gasteiger partial charge on any atom is -0.325 e. The molecule has 0 aliphatic rings. The van der Waals surface area contributed by atoms with Crippen LogP contribution >= 0.6 is 11.3 Å². The number of urea groups is 1. The molecule has 1 heterocycles. The highest BCUT2D eigenvalue weighted by Gasteiger charge is 2.10. The van der Waals surface area contributed by atoms with Crippen LogP contribution in [0, 0.1) is 0 Å². The van der Waals surface area contributed by atoms with Gasteiger partial charge < -0.3 is 10.2 Å². The molecule has 0 unspecified atom stereocenters. The lowest BCUT2D eigenvalue weighted by Gasteiger charge is -2.19. The summed E-state index contributed by atoms with van der Waals surface area (Å²) in [7, 11) is 0. The molecule has 24 heavy (non-hydrogen) atoms. The van der Waals surface area contributed by atoms with E-state index in [0.29, 0.717) is 24.3 Å². The third kappa shape index (κ3) is 4.92. The van der Waals surface area contributed by atoms with E-state index in [1.807, 2.05) is 31.4 Å². The number of anilines is 1. The minimum atomic E-state index is -0.301. The SMILES string of the molecule is CCN(CC)C(=O)Nc1ccc(C(=O)N/N=C/c2cccs2)cc1. The quantitative estimate of drug-likeness (QED) is 0.623. The van der Waals surface area contributed by atoms with Crippen LogP contribution < -0.4 is 10.7 Å². The van der Waals surface area contributed by atoms with Crippen molar-refractivity contribution in [1.82, 2.24) is 10.3 Å². The molecule has 1 aromatic carbocycles. The second-order valence-corrected chi connectivity index (χ2v) is 5.87. The average molecular weight is 344 g/mol. The first kappa shape index (κ1) is 17.7. The van der Waals surface area contributed by atoms with Gasteiger partial charge in [-0.3, -0.25) is 4.79 Å². The van der Waals surface area contributed by atoms with Gasteiger partial charge in [0, 0.05) is 29.2 Å². The second kappa shape index (κ2) is 8.83. The Bertz CT molecular complexity index is 692. The predicted molar refractivity (Wildman–Crippen MR) is 97.8 cm³/mol. The first-order valence-electron chi connectivity index (χ1n) is 7.67. The average Bonchev–Trinajstić information content (AvgIpc) is 3.10. The van der Waals surface area contributed by atoms with Crippen molar-refractivity contribution in [2.45, 2.75) is 13.8 Å². The third-order valence-electron chi connectivity index (χ3n) is 3.35. The summed E-state index contributed by atoms with van der Waals surface area (Å²) in [4.78, 5) is 26.6. The van der Waals surface area contributed by atoms with E-state index in [1.54, 1.807) is 35.4 Å². The number of amides is 3. The van der Waals surface area contributed by atoms with Crippen molar-refractivity contribution in [3.05, 3.63) is 52.2 Å². The van der Waals surface area contributed by atoms with Gasteiger partial charge in [-0.25, -0.2) is 10.2 Å². The molecule has 0 saturated carbocycles. The van der Waals surface area contributed by atoms with Crippen LogP contribution in [0.4, 0.5) is 10.5 Å². The number of thiophene rings is 1. The molecule has 0 saturated heterocycles. The van der Waals surface area contributed by atoms with Gasteiger partial charge >= 0.3 is 6.03 Å². The van der Waals surface area contributed by atoms with Gasteiger partial charge in [0.15, 0.2) is 0 Å². The molecule has 3 amide bonds. The smallest absolute Gasteiger partial charge is 0.321 e. The molecule has 0 aliphatic heterocycles. The van der Waals surface area contributed by atoms with E-state index in [2.05, 4.69) is 15.8 Å². The molecule has 2 rings (SSSR count). The minimum absolute atomic E-state index is 0.155. The Hall–Kier alpha value is -2.67. The Morgan fingerprint density at radius 1 is 1.17 bits per heavy atom. The lowest BCUT2D eigenvalue weighted by molar-refractivity contribution is 0.0955. The zero-order valence-corrected chi connectivity index (χ0v) is 14.5. The normalized spacial score (nSPS) is 10.6. The molecule has 0 radical (unpaired) electrons. The maximum Gasteiger partial charge on any atom is 0.321 e. The summed E-state index contributed by atoms with van der Waals surface area (Å²) in [5, 5.41) is 8.65. The molecule has 0 bridgehead atoms. The summed E-state index contributed by atoms with van der Waals surface area (Å²) in [6, 6.07) is 10.4. The molecular weight excluding hydrogens is 324 g/mol. The largest absolute Gasteiger partial charge is 0.325 e. The molecule has 2 aromatic rings. The van der Waals surface area contributed by atoms with Crippen LogP contribution in [0.2, 0.25) is 0 Å². The number of rotatable bonds is 6. The summed E-state index contributed by atoms with van der Waals surface area (Å²) in [6.07, 6.45) is 1.60. The molecule has 6 nitrogen and oxygen atoms in total. The van der Waals surface area contributed by atoms with Gasteiger partial charge in [0.1, 0.15) is 0 Å². The van der Waals surface area contributed by atoms with Crippen LogP contribution in [-0.2, 0) is 0 Å². The third-order valence-corrected chi connectivity index (χ3v) is 4.16. The van der Waals surface area contributed by atoms with Crippen molar-refractivity contribution < 1.29 is 9.59 Å².